The van der Waals surface area contributed by atoms with E-state index in [0.29, 0.717) is 32.2 Å². The lowest BCUT2D eigenvalue weighted by Gasteiger charge is -2.39. The number of benzene rings is 1. The summed E-state index contributed by atoms with van der Waals surface area (Å²) in [5, 5.41) is 0. The summed E-state index contributed by atoms with van der Waals surface area (Å²) in [6.45, 7) is 8.33. The molecule has 0 fully saturated rings. The maximum absolute atomic E-state index is 13.6. The number of anilines is 2. The third-order valence-electron chi connectivity index (χ3n) is 7.99. The Morgan fingerprint density at radius 2 is 2.03 bits per heavy atom. The molecule has 1 aliphatic carbocycles. The van der Waals surface area contributed by atoms with Crippen LogP contribution >= 0.6 is 0 Å². The van der Waals surface area contributed by atoms with Crippen molar-refractivity contribution in [2.45, 2.75) is 76.6 Å². The number of rotatable bonds is 12. The second kappa shape index (κ2) is 12.0. The second-order valence-corrected chi connectivity index (χ2v) is 10.8. The molecule has 8 heteroatoms. The summed E-state index contributed by atoms with van der Waals surface area (Å²) in [6, 6.07) is 6.37. The van der Waals surface area contributed by atoms with E-state index in [4.69, 9.17) is 16.2 Å². The number of para-hydroxylation sites is 1. The van der Waals surface area contributed by atoms with E-state index in [2.05, 4.69) is 46.9 Å². The molecule has 0 radical (unpaired) electrons. The van der Waals surface area contributed by atoms with Crippen molar-refractivity contribution >= 4 is 17.3 Å². The lowest BCUT2D eigenvalue weighted by Crippen LogP contribution is -2.62. The zero-order valence-corrected chi connectivity index (χ0v) is 22.7. The van der Waals surface area contributed by atoms with E-state index < -0.39 is 5.54 Å². The number of ether oxygens (including phenoxy) is 1. The number of nitrogens with two attached hydrogens (primary N) is 2. The van der Waals surface area contributed by atoms with E-state index in [1.54, 1.807) is 6.08 Å². The number of allylic oxidation sites excluding steroid dienone is 3. The van der Waals surface area contributed by atoms with Crippen molar-refractivity contribution in [1.29, 1.82) is 0 Å². The summed E-state index contributed by atoms with van der Waals surface area (Å²) in [4.78, 5) is 19.3. The molecule has 4 rings (SSSR count). The average Bonchev–Trinajstić information content (AvgIpc) is 3.09. The van der Waals surface area contributed by atoms with Gasteiger partial charge >= 0.3 is 5.97 Å². The van der Waals surface area contributed by atoms with Crippen LogP contribution in [0.3, 0.4) is 0 Å². The zero-order chi connectivity index (χ0) is 26.6. The second-order valence-electron chi connectivity index (χ2n) is 10.8. The van der Waals surface area contributed by atoms with Crippen molar-refractivity contribution < 1.29 is 13.9 Å². The lowest BCUT2D eigenvalue weighted by molar-refractivity contribution is -0.147. The van der Waals surface area contributed by atoms with E-state index in [9.17, 15) is 9.18 Å². The molecule has 1 aromatic carbocycles. The third kappa shape index (κ3) is 5.86. The van der Waals surface area contributed by atoms with Gasteiger partial charge in [0, 0.05) is 45.1 Å². The average molecular weight is 514 g/mol. The highest BCUT2D eigenvalue weighted by Crippen LogP contribution is 2.48. The molecule has 2 aliphatic heterocycles. The summed E-state index contributed by atoms with van der Waals surface area (Å²) in [6.07, 6.45) is 7.38. The van der Waals surface area contributed by atoms with Crippen LogP contribution in [0.15, 0.2) is 41.8 Å². The van der Waals surface area contributed by atoms with Crippen molar-refractivity contribution in [1.82, 2.24) is 4.90 Å². The monoisotopic (exact) mass is 513 g/mol. The summed E-state index contributed by atoms with van der Waals surface area (Å²) in [7, 11) is 2.12. The van der Waals surface area contributed by atoms with Crippen molar-refractivity contribution in [3.05, 3.63) is 47.3 Å². The topological polar surface area (TPSA) is 88.1 Å². The zero-order valence-electron chi connectivity index (χ0n) is 22.7. The van der Waals surface area contributed by atoms with Crippen LogP contribution in [0.4, 0.5) is 15.8 Å². The van der Waals surface area contributed by atoms with Gasteiger partial charge in [-0.3, -0.25) is 4.79 Å². The molecule has 0 bridgehead atoms. The number of likely N-dealkylation sites (N-methyl/N-ethyl adjacent to an activating group) is 1. The molecule has 37 heavy (non-hydrogen) atoms. The van der Waals surface area contributed by atoms with Crippen molar-refractivity contribution in [2.24, 2.45) is 11.5 Å². The molecule has 204 valence electrons. The molecule has 3 aliphatic rings. The molecule has 4 N–H and O–H groups in total. The minimum Gasteiger partial charge on any atom is -0.458 e. The number of carbonyl (C=O) groups is 1. The van der Waals surface area contributed by atoms with Crippen LogP contribution in [-0.4, -0.2) is 62.9 Å². The fourth-order valence-electron chi connectivity index (χ4n) is 6.00. The number of nitrogens with zero attached hydrogens (tertiary/aromatic N) is 3. The first-order valence-electron chi connectivity index (χ1n) is 13.9. The molecular weight excluding hydrogens is 469 g/mol. The van der Waals surface area contributed by atoms with Gasteiger partial charge in [-0.25, -0.2) is 4.39 Å². The first-order valence-corrected chi connectivity index (χ1v) is 13.9. The fourth-order valence-corrected chi connectivity index (χ4v) is 6.00. The Kier molecular flexibility index (Phi) is 8.93. The van der Waals surface area contributed by atoms with Crippen LogP contribution in [0.1, 0.15) is 64.4 Å². The van der Waals surface area contributed by atoms with E-state index in [0.717, 1.165) is 56.6 Å². The maximum Gasteiger partial charge on any atom is 0.306 e. The van der Waals surface area contributed by atoms with Gasteiger partial charge in [0.2, 0.25) is 0 Å². The first kappa shape index (κ1) is 27.6. The third-order valence-corrected chi connectivity index (χ3v) is 7.99. The Morgan fingerprint density at radius 3 is 2.73 bits per heavy atom. The smallest absolute Gasteiger partial charge is 0.306 e. The van der Waals surface area contributed by atoms with Gasteiger partial charge in [-0.2, -0.15) is 0 Å². The van der Waals surface area contributed by atoms with Crippen LogP contribution < -0.4 is 21.3 Å². The first-order chi connectivity index (χ1) is 17.8. The van der Waals surface area contributed by atoms with E-state index in [1.807, 2.05) is 6.92 Å². The molecule has 0 spiro atoms. The Morgan fingerprint density at radius 1 is 1.22 bits per heavy atom. The summed E-state index contributed by atoms with van der Waals surface area (Å²) in [5.41, 5.74) is 17.8. The number of carbonyl (C=O) groups excluding carboxylic acids is 1. The van der Waals surface area contributed by atoms with Crippen LogP contribution in [0.25, 0.3) is 0 Å². The molecule has 0 saturated heterocycles. The van der Waals surface area contributed by atoms with Crippen LogP contribution in [-0.2, 0) is 15.1 Å². The van der Waals surface area contributed by atoms with Crippen molar-refractivity contribution in [3.8, 4) is 0 Å². The SMILES string of the molecule is CCCC(=O)OC(CCCN(CCC)CC1(N)c2cccc3c2N(CCN3C)C1N)C1=CC=C(F)CC1. The standard InChI is InChI=1S/C29H44FN5O2/c1-4-8-26(36)37-25(21-12-14-22(30)15-13-21)11-7-17-34(16-5-2)20-29(32)23-9-6-10-24-27(23)35(28(29)31)19-18-33(24)3/h6,9-10,12,14,25,28H,4-5,7-8,11,13,15-20,31-32H2,1-3H3. The van der Waals surface area contributed by atoms with Gasteiger partial charge in [-0.05, 0) is 62.9 Å². The Balaban J connectivity index is 1.46. The van der Waals surface area contributed by atoms with Gasteiger partial charge in [0.25, 0.3) is 0 Å². The fraction of sp³-hybridized carbons (Fsp3) is 0.621. The van der Waals surface area contributed by atoms with Crippen molar-refractivity contribution in [2.75, 3.05) is 49.6 Å². The highest BCUT2D eigenvalue weighted by Gasteiger charge is 2.49. The predicted octanol–water partition coefficient (Wildman–Crippen LogP) is 4.17. The minimum absolute atomic E-state index is 0.120. The van der Waals surface area contributed by atoms with Gasteiger partial charge < -0.3 is 30.9 Å². The molecule has 2 heterocycles. The van der Waals surface area contributed by atoms with Crippen LogP contribution in [0.5, 0.6) is 0 Å². The normalized spacial score (nSPS) is 23.6. The van der Waals surface area contributed by atoms with E-state index in [1.165, 1.54) is 17.5 Å². The number of hydrogen-bond acceptors (Lipinski definition) is 7. The lowest BCUT2D eigenvalue weighted by atomic mass is 9.89. The summed E-state index contributed by atoms with van der Waals surface area (Å²) >= 11 is 0. The van der Waals surface area contributed by atoms with E-state index >= 15 is 0 Å². The minimum atomic E-state index is -0.674. The Labute approximate surface area is 221 Å². The largest absolute Gasteiger partial charge is 0.458 e. The molecule has 0 amide bonds. The van der Waals surface area contributed by atoms with Gasteiger partial charge in [-0.15, -0.1) is 0 Å². The maximum atomic E-state index is 13.6. The van der Waals surface area contributed by atoms with Gasteiger partial charge in [-0.1, -0.05) is 32.1 Å². The Bertz CT molecular complexity index is 1030. The van der Waals surface area contributed by atoms with E-state index in [-0.39, 0.29) is 24.1 Å². The van der Waals surface area contributed by atoms with Gasteiger partial charge in [0.1, 0.15) is 18.1 Å². The summed E-state index contributed by atoms with van der Waals surface area (Å²) in [5.74, 6) is -0.306. The quantitative estimate of drug-likeness (QED) is 0.406. The molecule has 7 nitrogen and oxygen atoms in total. The Hall–Kier alpha value is -2.42. The molecule has 1 aromatic rings. The number of esters is 1. The highest BCUT2D eigenvalue weighted by atomic mass is 19.1. The van der Waals surface area contributed by atoms with Gasteiger partial charge in [0.05, 0.1) is 16.9 Å². The van der Waals surface area contributed by atoms with Crippen LogP contribution in [0, 0.1) is 0 Å². The molecule has 3 atom stereocenters. The molecule has 0 aromatic heterocycles. The van der Waals surface area contributed by atoms with Crippen LogP contribution in [0.2, 0.25) is 0 Å². The molecule has 3 unspecified atom stereocenters. The number of hydrogen-bond donors (Lipinski definition) is 2. The van der Waals surface area contributed by atoms with Gasteiger partial charge in [0.15, 0.2) is 0 Å². The highest BCUT2D eigenvalue weighted by molar-refractivity contribution is 5.81. The number of halogens is 1. The van der Waals surface area contributed by atoms with Crippen molar-refractivity contribution in [3.63, 3.8) is 0 Å². The molecule has 0 saturated carbocycles. The molecular formula is C29H44FN5O2. The summed E-state index contributed by atoms with van der Waals surface area (Å²) < 4.78 is 19.4. The predicted molar refractivity (Wildman–Crippen MR) is 148 cm³/mol.